The fourth-order valence-corrected chi connectivity index (χ4v) is 6.06. The number of hydrogen-bond donors (Lipinski definition) is 1. The van der Waals surface area contributed by atoms with Crippen LogP contribution in [0.1, 0.15) is 55.1 Å². The number of nitrogens with zero attached hydrogens (tertiary/aromatic N) is 1. The van der Waals surface area contributed by atoms with Crippen LogP contribution in [0, 0.1) is 11.8 Å². The van der Waals surface area contributed by atoms with Crippen molar-refractivity contribution < 1.29 is 13.2 Å². The summed E-state index contributed by atoms with van der Waals surface area (Å²) in [6.07, 6.45) is 1.82. The highest BCUT2D eigenvalue weighted by atomic mass is 32.2. The molecule has 0 aliphatic carbocycles. The minimum Gasteiger partial charge on any atom is -0.348 e. The molecule has 5 nitrogen and oxygen atoms in total. The van der Waals surface area contributed by atoms with Crippen molar-refractivity contribution in [3.8, 4) is 0 Å². The molecule has 6 heteroatoms. The Morgan fingerprint density at radius 3 is 2.26 bits per heavy atom. The molecule has 0 aromatic heterocycles. The van der Waals surface area contributed by atoms with E-state index in [1.54, 1.807) is 18.2 Å². The molecule has 2 aromatic carbocycles. The number of benzene rings is 2. The van der Waals surface area contributed by atoms with E-state index in [0.717, 1.165) is 37.0 Å². The van der Waals surface area contributed by atoms with Crippen LogP contribution in [-0.2, 0) is 22.9 Å². The smallest absolute Gasteiger partial charge is 0.252 e. The summed E-state index contributed by atoms with van der Waals surface area (Å²) in [6, 6.07) is 14.7. The lowest BCUT2D eigenvalue weighted by molar-refractivity contribution is 0.0947. The van der Waals surface area contributed by atoms with Crippen LogP contribution in [0.3, 0.4) is 0 Å². The normalized spacial score (nSPS) is 19.8. The van der Waals surface area contributed by atoms with Crippen LogP contribution >= 0.6 is 0 Å². The van der Waals surface area contributed by atoms with Gasteiger partial charge in [0.15, 0.2) is 9.84 Å². The minimum atomic E-state index is -3.46. The monoisotopic (exact) mass is 442 g/mol. The van der Waals surface area contributed by atoms with Gasteiger partial charge in [-0.25, -0.2) is 8.42 Å². The van der Waals surface area contributed by atoms with Gasteiger partial charge in [0.25, 0.3) is 5.91 Å². The largest absolute Gasteiger partial charge is 0.348 e. The molecular formula is C25H34N2O3S. The average molecular weight is 443 g/mol. The Bertz CT molecular complexity index is 976. The van der Waals surface area contributed by atoms with Gasteiger partial charge in [-0.05, 0) is 47.9 Å². The van der Waals surface area contributed by atoms with E-state index in [-0.39, 0.29) is 22.1 Å². The van der Waals surface area contributed by atoms with Gasteiger partial charge in [-0.3, -0.25) is 9.69 Å². The first kappa shape index (κ1) is 23.5. The molecule has 1 aliphatic rings. The number of piperidine rings is 1. The number of hydrogen-bond acceptors (Lipinski definition) is 4. The van der Waals surface area contributed by atoms with Crippen LogP contribution in [0.4, 0.5) is 0 Å². The van der Waals surface area contributed by atoms with E-state index >= 15 is 0 Å². The zero-order valence-corrected chi connectivity index (χ0v) is 19.6. The van der Waals surface area contributed by atoms with Crippen molar-refractivity contribution in [2.45, 2.75) is 51.6 Å². The third-order valence-electron chi connectivity index (χ3n) is 5.77. The van der Waals surface area contributed by atoms with E-state index in [1.807, 2.05) is 19.1 Å². The van der Waals surface area contributed by atoms with E-state index in [0.29, 0.717) is 13.0 Å². The zero-order chi connectivity index (χ0) is 22.4. The van der Waals surface area contributed by atoms with Gasteiger partial charge in [-0.2, -0.15) is 0 Å². The molecule has 2 aromatic rings. The maximum absolute atomic E-state index is 12.7. The molecule has 1 saturated heterocycles. The summed E-state index contributed by atoms with van der Waals surface area (Å²) in [5, 5.41) is 2.87. The molecule has 0 bridgehead atoms. The minimum absolute atomic E-state index is 0.0350. The highest BCUT2D eigenvalue weighted by Crippen LogP contribution is 2.23. The number of amides is 1. The molecule has 1 fully saturated rings. The predicted molar refractivity (Wildman–Crippen MR) is 125 cm³/mol. The first-order chi connectivity index (χ1) is 14.8. The lowest BCUT2D eigenvalue weighted by atomic mass is 9.91. The summed E-state index contributed by atoms with van der Waals surface area (Å²) in [5.41, 5.74) is 2.47. The van der Waals surface area contributed by atoms with Crippen molar-refractivity contribution >= 4 is 15.7 Å². The number of carbonyl (C=O) groups is 1. The summed E-state index contributed by atoms with van der Waals surface area (Å²) >= 11 is 0. The first-order valence-electron chi connectivity index (χ1n) is 11.2. The van der Waals surface area contributed by atoms with Crippen LogP contribution < -0.4 is 5.32 Å². The fourth-order valence-electron chi connectivity index (χ4n) is 4.52. The molecular weight excluding hydrogens is 408 g/mol. The van der Waals surface area contributed by atoms with Crippen LogP contribution in [0.15, 0.2) is 53.4 Å². The van der Waals surface area contributed by atoms with Crippen LogP contribution in [0.5, 0.6) is 0 Å². The third kappa shape index (κ3) is 6.40. The number of carbonyl (C=O) groups excluding carboxylic acids is 1. The number of rotatable bonds is 8. The Balaban J connectivity index is 1.60. The van der Waals surface area contributed by atoms with Gasteiger partial charge in [-0.1, -0.05) is 57.2 Å². The molecule has 2 unspecified atom stereocenters. The summed E-state index contributed by atoms with van der Waals surface area (Å²) in [4.78, 5) is 15.3. The van der Waals surface area contributed by atoms with E-state index in [1.165, 1.54) is 18.1 Å². The van der Waals surface area contributed by atoms with Crippen molar-refractivity contribution in [2.75, 3.05) is 18.8 Å². The quantitative estimate of drug-likeness (QED) is 0.663. The van der Waals surface area contributed by atoms with Gasteiger partial charge >= 0.3 is 0 Å². The standard InChI is InChI=1S/C25H34N2O3S/c1-4-13-31(29,30)24-8-6-5-7-23(24)25(28)26-15-21-9-11-22(12-10-21)18-27-16-19(2)14-20(3)17-27/h5-12,19-20H,4,13-18H2,1-3H3,(H,26,28). The molecule has 168 valence electrons. The molecule has 1 aliphatic heterocycles. The van der Waals surface area contributed by atoms with E-state index < -0.39 is 9.84 Å². The lowest BCUT2D eigenvalue weighted by Gasteiger charge is -2.35. The number of nitrogens with one attached hydrogen (secondary N) is 1. The van der Waals surface area contributed by atoms with Crippen molar-refractivity contribution in [3.05, 3.63) is 65.2 Å². The second-order valence-corrected chi connectivity index (χ2v) is 11.0. The van der Waals surface area contributed by atoms with Crippen molar-refractivity contribution in [1.29, 1.82) is 0 Å². The molecule has 1 heterocycles. The molecule has 3 rings (SSSR count). The Labute approximate surface area is 186 Å². The van der Waals surface area contributed by atoms with E-state index in [4.69, 9.17) is 0 Å². The number of likely N-dealkylation sites (tertiary alicyclic amines) is 1. The second-order valence-electron chi connectivity index (χ2n) is 8.95. The topological polar surface area (TPSA) is 66.5 Å². The summed E-state index contributed by atoms with van der Waals surface area (Å²) < 4.78 is 25.0. The summed E-state index contributed by atoms with van der Waals surface area (Å²) in [5.74, 6) is 1.15. The molecule has 0 spiro atoms. The predicted octanol–water partition coefficient (Wildman–Crippen LogP) is 4.28. The van der Waals surface area contributed by atoms with Gasteiger partial charge in [0, 0.05) is 26.2 Å². The van der Waals surface area contributed by atoms with Gasteiger partial charge < -0.3 is 5.32 Å². The number of sulfone groups is 1. The Morgan fingerprint density at radius 2 is 1.61 bits per heavy atom. The zero-order valence-electron chi connectivity index (χ0n) is 18.8. The average Bonchev–Trinajstić information content (AvgIpc) is 2.72. The van der Waals surface area contributed by atoms with Crippen LogP contribution in [0.2, 0.25) is 0 Å². The molecule has 0 radical (unpaired) electrons. The highest BCUT2D eigenvalue weighted by molar-refractivity contribution is 7.91. The van der Waals surface area contributed by atoms with Gasteiger partial charge in [0.2, 0.25) is 0 Å². The Hall–Kier alpha value is -2.18. The highest BCUT2D eigenvalue weighted by Gasteiger charge is 2.22. The maximum Gasteiger partial charge on any atom is 0.252 e. The van der Waals surface area contributed by atoms with E-state index in [9.17, 15) is 13.2 Å². The fraction of sp³-hybridized carbons (Fsp3) is 0.480. The van der Waals surface area contributed by atoms with Crippen LogP contribution in [0.25, 0.3) is 0 Å². The molecule has 2 atom stereocenters. The van der Waals surface area contributed by atoms with Gasteiger partial charge in [0.1, 0.15) is 0 Å². The summed E-state index contributed by atoms with van der Waals surface area (Å²) in [6.45, 7) is 10.0. The first-order valence-corrected chi connectivity index (χ1v) is 12.8. The van der Waals surface area contributed by atoms with E-state index in [2.05, 4.69) is 36.2 Å². The summed E-state index contributed by atoms with van der Waals surface area (Å²) in [7, 11) is -3.46. The Kier molecular flexibility index (Phi) is 7.89. The van der Waals surface area contributed by atoms with Crippen molar-refractivity contribution in [3.63, 3.8) is 0 Å². The van der Waals surface area contributed by atoms with Crippen molar-refractivity contribution in [1.82, 2.24) is 10.2 Å². The lowest BCUT2D eigenvalue weighted by Crippen LogP contribution is -2.38. The molecule has 31 heavy (non-hydrogen) atoms. The molecule has 1 N–H and O–H groups in total. The van der Waals surface area contributed by atoms with Crippen molar-refractivity contribution in [2.24, 2.45) is 11.8 Å². The maximum atomic E-state index is 12.7. The van der Waals surface area contributed by atoms with Crippen LogP contribution in [-0.4, -0.2) is 38.1 Å². The second kappa shape index (κ2) is 10.4. The van der Waals surface area contributed by atoms with Gasteiger partial charge in [0.05, 0.1) is 16.2 Å². The molecule has 0 saturated carbocycles. The van der Waals surface area contributed by atoms with Gasteiger partial charge in [-0.15, -0.1) is 0 Å². The Morgan fingerprint density at radius 1 is 1.00 bits per heavy atom. The third-order valence-corrected chi connectivity index (χ3v) is 7.74. The molecule has 1 amide bonds. The SMILES string of the molecule is CCCS(=O)(=O)c1ccccc1C(=O)NCc1ccc(CN2CC(C)CC(C)C2)cc1.